The maximum atomic E-state index is 9.50. The standard InChI is InChI=1S/C11H20O2/c1-8(2)9(3)4-5-10-6-13-7-11(10)12/h10-12H,4-7H2,1-3H3. The molecule has 0 aromatic carbocycles. The van der Waals surface area contributed by atoms with E-state index in [0.717, 1.165) is 19.4 Å². The zero-order chi connectivity index (χ0) is 9.84. The molecule has 1 N–H and O–H groups in total. The van der Waals surface area contributed by atoms with Gasteiger partial charge >= 0.3 is 0 Å². The summed E-state index contributed by atoms with van der Waals surface area (Å²) in [6.45, 7) is 7.70. The van der Waals surface area contributed by atoms with Crippen molar-refractivity contribution in [1.82, 2.24) is 0 Å². The zero-order valence-corrected chi connectivity index (χ0v) is 8.84. The van der Waals surface area contributed by atoms with E-state index in [1.807, 2.05) is 0 Å². The van der Waals surface area contributed by atoms with Gasteiger partial charge in [0.25, 0.3) is 0 Å². The summed E-state index contributed by atoms with van der Waals surface area (Å²) in [6, 6.07) is 0. The summed E-state index contributed by atoms with van der Waals surface area (Å²) in [5, 5.41) is 9.50. The monoisotopic (exact) mass is 184 g/mol. The van der Waals surface area contributed by atoms with Crippen molar-refractivity contribution < 1.29 is 9.84 Å². The van der Waals surface area contributed by atoms with Gasteiger partial charge in [-0.1, -0.05) is 11.1 Å². The minimum Gasteiger partial charge on any atom is -0.390 e. The summed E-state index contributed by atoms with van der Waals surface area (Å²) in [7, 11) is 0. The summed E-state index contributed by atoms with van der Waals surface area (Å²) in [4.78, 5) is 0. The summed E-state index contributed by atoms with van der Waals surface area (Å²) in [5.74, 6) is 0.356. The molecular formula is C11H20O2. The first-order valence-corrected chi connectivity index (χ1v) is 5.00. The molecule has 2 heteroatoms. The first-order chi connectivity index (χ1) is 6.11. The van der Waals surface area contributed by atoms with Crippen LogP contribution in [0.4, 0.5) is 0 Å². The normalized spacial score (nSPS) is 27.7. The van der Waals surface area contributed by atoms with E-state index in [9.17, 15) is 5.11 Å². The lowest BCUT2D eigenvalue weighted by Gasteiger charge is -2.12. The maximum absolute atomic E-state index is 9.50. The topological polar surface area (TPSA) is 29.5 Å². The van der Waals surface area contributed by atoms with Crippen molar-refractivity contribution in [2.75, 3.05) is 13.2 Å². The fraction of sp³-hybridized carbons (Fsp3) is 0.818. The summed E-state index contributed by atoms with van der Waals surface area (Å²) < 4.78 is 5.20. The van der Waals surface area contributed by atoms with Crippen LogP contribution in [0, 0.1) is 5.92 Å². The third kappa shape index (κ3) is 3.12. The second kappa shape index (κ2) is 4.77. The molecule has 0 radical (unpaired) electrons. The van der Waals surface area contributed by atoms with Gasteiger partial charge in [0, 0.05) is 5.92 Å². The van der Waals surface area contributed by atoms with Gasteiger partial charge in [-0.25, -0.2) is 0 Å². The average Bonchev–Trinajstić information content (AvgIpc) is 2.47. The van der Waals surface area contributed by atoms with Crippen molar-refractivity contribution in [2.45, 2.75) is 39.7 Å². The van der Waals surface area contributed by atoms with Crippen LogP contribution >= 0.6 is 0 Å². The minimum atomic E-state index is -0.232. The average molecular weight is 184 g/mol. The van der Waals surface area contributed by atoms with Crippen LogP contribution in [0.5, 0.6) is 0 Å². The highest BCUT2D eigenvalue weighted by atomic mass is 16.5. The molecule has 1 saturated heterocycles. The number of hydrogen-bond donors (Lipinski definition) is 1. The van der Waals surface area contributed by atoms with E-state index in [1.165, 1.54) is 11.1 Å². The molecule has 2 nitrogen and oxygen atoms in total. The fourth-order valence-corrected chi connectivity index (χ4v) is 1.51. The third-order valence-corrected chi connectivity index (χ3v) is 2.91. The molecule has 2 unspecified atom stereocenters. The van der Waals surface area contributed by atoms with Gasteiger partial charge in [0.05, 0.1) is 19.3 Å². The Morgan fingerprint density at radius 1 is 1.31 bits per heavy atom. The molecule has 1 aliphatic rings. The van der Waals surface area contributed by atoms with Crippen molar-refractivity contribution in [3.05, 3.63) is 11.1 Å². The van der Waals surface area contributed by atoms with Gasteiger partial charge in [0.1, 0.15) is 0 Å². The van der Waals surface area contributed by atoms with E-state index >= 15 is 0 Å². The van der Waals surface area contributed by atoms with Crippen LogP contribution in [-0.2, 0) is 4.74 Å². The van der Waals surface area contributed by atoms with Crippen LogP contribution in [0.3, 0.4) is 0 Å². The van der Waals surface area contributed by atoms with E-state index in [4.69, 9.17) is 4.74 Å². The zero-order valence-electron chi connectivity index (χ0n) is 8.84. The molecule has 76 valence electrons. The highest BCUT2D eigenvalue weighted by molar-refractivity contribution is 5.06. The van der Waals surface area contributed by atoms with Crippen LogP contribution < -0.4 is 0 Å². The quantitative estimate of drug-likeness (QED) is 0.681. The Hall–Kier alpha value is -0.340. The van der Waals surface area contributed by atoms with Gasteiger partial charge in [-0.3, -0.25) is 0 Å². The van der Waals surface area contributed by atoms with E-state index in [1.54, 1.807) is 0 Å². The van der Waals surface area contributed by atoms with Crippen LogP contribution in [-0.4, -0.2) is 24.4 Å². The molecule has 1 aliphatic heterocycles. The second-order valence-corrected chi connectivity index (χ2v) is 4.18. The van der Waals surface area contributed by atoms with E-state index in [-0.39, 0.29) is 6.10 Å². The molecule has 1 fully saturated rings. The Balaban J connectivity index is 2.30. The number of allylic oxidation sites excluding steroid dienone is 2. The van der Waals surface area contributed by atoms with Crippen LogP contribution in [0.15, 0.2) is 11.1 Å². The fourth-order valence-electron chi connectivity index (χ4n) is 1.51. The molecule has 0 spiro atoms. The summed E-state index contributed by atoms with van der Waals surface area (Å²) >= 11 is 0. The first-order valence-electron chi connectivity index (χ1n) is 5.00. The van der Waals surface area contributed by atoms with E-state index in [0.29, 0.717) is 12.5 Å². The smallest absolute Gasteiger partial charge is 0.0823 e. The summed E-state index contributed by atoms with van der Waals surface area (Å²) in [5.41, 5.74) is 2.84. The van der Waals surface area contributed by atoms with Crippen molar-refractivity contribution in [2.24, 2.45) is 5.92 Å². The molecule has 0 amide bonds. The van der Waals surface area contributed by atoms with Gasteiger partial charge in [-0.2, -0.15) is 0 Å². The van der Waals surface area contributed by atoms with Crippen molar-refractivity contribution in [3.8, 4) is 0 Å². The highest BCUT2D eigenvalue weighted by Gasteiger charge is 2.25. The van der Waals surface area contributed by atoms with Crippen molar-refractivity contribution >= 4 is 0 Å². The lowest BCUT2D eigenvalue weighted by molar-refractivity contribution is 0.117. The van der Waals surface area contributed by atoms with Gasteiger partial charge in [0.15, 0.2) is 0 Å². The molecular weight excluding hydrogens is 164 g/mol. The van der Waals surface area contributed by atoms with Crippen molar-refractivity contribution in [3.63, 3.8) is 0 Å². The number of aliphatic hydroxyl groups is 1. The predicted molar refractivity (Wildman–Crippen MR) is 53.6 cm³/mol. The first kappa shape index (κ1) is 10.7. The van der Waals surface area contributed by atoms with Gasteiger partial charge in [0.2, 0.25) is 0 Å². The Bertz CT molecular complexity index is 192. The van der Waals surface area contributed by atoms with Crippen LogP contribution in [0.1, 0.15) is 33.6 Å². The maximum Gasteiger partial charge on any atom is 0.0823 e. The SMILES string of the molecule is CC(C)=C(C)CCC1COCC1O. The van der Waals surface area contributed by atoms with Gasteiger partial charge < -0.3 is 9.84 Å². The Morgan fingerprint density at radius 2 is 2.00 bits per heavy atom. The third-order valence-electron chi connectivity index (χ3n) is 2.91. The largest absolute Gasteiger partial charge is 0.390 e. The molecule has 0 aliphatic carbocycles. The Morgan fingerprint density at radius 3 is 2.46 bits per heavy atom. The van der Waals surface area contributed by atoms with Crippen LogP contribution in [0.25, 0.3) is 0 Å². The van der Waals surface area contributed by atoms with E-state index in [2.05, 4.69) is 20.8 Å². The Labute approximate surface area is 80.6 Å². The lowest BCUT2D eigenvalue weighted by atomic mass is 9.96. The molecule has 2 atom stereocenters. The molecule has 1 rings (SSSR count). The second-order valence-electron chi connectivity index (χ2n) is 4.18. The molecule has 0 bridgehead atoms. The molecule has 0 saturated carbocycles. The number of hydrogen-bond acceptors (Lipinski definition) is 2. The van der Waals surface area contributed by atoms with Gasteiger partial charge in [-0.05, 0) is 33.6 Å². The van der Waals surface area contributed by atoms with Crippen molar-refractivity contribution in [1.29, 1.82) is 0 Å². The highest BCUT2D eigenvalue weighted by Crippen LogP contribution is 2.22. The molecule has 1 heterocycles. The van der Waals surface area contributed by atoms with Gasteiger partial charge in [-0.15, -0.1) is 0 Å². The predicted octanol–water partition coefficient (Wildman–Crippen LogP) is 2.13. The minimum absolute atomic E-state index is 0.232. The number of ether oxygens (including phenoxy) is 1. The molecule has 13 heavy (non-hydrogen) atoms. The van der Waals surface area contributed by atoms with E-state index < -0.39 is 0 Å². The molecule has 0 aromatic heterocycles. The number of aliphatic hydroxyl groups excluding tert-OH is 1. The molecule has 0 aromatic rings. The summed E-state index contributed by atoms with van der Waals surface area (Å²) in [6.07, 6.45) is 1.91. The number of rotatable bonds is 3. The van der Waals surface area contributed by atoms with Crippen LogP contribution in [0.2, 0.25) is 0 Å². The Kier molecular flexibility index (Phi) is 3.94. The lowest BCUT2D eigenvalue weighted by Crippen LogP contribution is -2.17.